The van der Waals surface area contributed by atoms with Crippen LogP contribution in [0.25, 0.3) is 0 Å². The average Bonchev–Trinajstić information content (AvgIpc) is 3.08. The third-order valence-electron chi connectivity index (χ3n) is 2.95. The number of carbonyl (C=O) groups excluding carboxylic acids is 1. The number of ether oxygens (including phenoxy) is 2. The highest BCUT2D eigenvalue weighted by atomic mass is 16.7. The van der Waals surface area contributed by atoms with Gasteiger partial charge in [-0.3, -0.25) is 15.2 Å². The molecule has 0 bridgehead atoms. The molecule has 0 saturated carbocycles. The molecular formula is C15H14N4O3. The smallest absolute Gasteiger partial charge is 0.330 e. The Morgan fingerprint density at radius 1 is 1.27 bits per heavy atom. The van der Waals surface area contributed by atoms with E-state index in [1.807, 2.05) is 30.3 Å². The maximum absolute atomic E-state index is 12.5. The fourth-order valence-electron chi connectivity index (χ4n) is 1.93. The topological polar surface area (TPSA) is 76.6 Å². The molecule has 0 spiro atoms. The fraction of sp³-hybridized carbons (Fsp3) is 0.133. The van der Waals surface area contributed by atoms with Gasteiger partial charge < -0.3 is 9.47 Å². The first-order valence-electron chi connectivity index (χ1n) is 6.66. The van der Waals surface area contributed by atoms with Crippen molar-refractivity contribution in [3.05, 3.63) is 66.6 Å². The molecule has 112 valence electrons. The maximum atomic E-state index is 12.5. The van der Waals surface area contributed by atoms with Crippen LogP contribution in [0.4, 0.5) is 10.6 Å². The third-order valence-corrected chi connectivity index (χ3v) is 2.95. The van der Waals surface area contributed by atoms with Crippen molar-refractivity contribution in [3.8, 4) is 0 Å². The van der Waals surface area contributed by atoms with Gasteiger partial charge in [0.25, 0.3) is 0 Å². The summed E-state index contributed by atoms with van der Waals surface area (Å²) in [6.45, 7) is 0.446. The summed E-state index contributed by atoms with van der Waals surface area (Å²) < 4.78 is 10.4. The number of carbonyl (C=O) groups is 1. The highest BCUT2D eigenvalue weighted by molar-refractivity contribution is 5.89. The molecule has 0 atom stereocenters. The van der Waals surface area contributed by atoms with Gasteiger partial charge in [-0.05, 0) is 5.56 Å². The van der Waals surface area contributed by atoms with Gasteiger partial charge in [0.05, 0.1) is 12.7 Å². The minimum absolute atomic E-state index is 0.0963. The molecule has 1 aromatic heterocycles. The molecule has 7 heteroatoms. The lowest BCUT2D eigenvalue weighted by molar-refractivity contribution is 0.0554. The Hall–Kier alpha value is -3.09. The molecule has 2 heterocycles. The first kappa shape index (κ1) is 13.9. The first-order chi connectivity index (χ1) is 10.8. The number of hydrogen-bond donors (Lipinski definition) is 1. The molecule has 2 amide bonds. The van der Waals surface area contributed by atoms with Gasteiger partial charge in [0.15, 0.2) is 5.82 Å². The van der Waals surface area contributed by atoms with E-state index >= 15 is 0 Å². The first-order valence-corrected chi connectivity index (χ1v) is 6.66. The minimum atomic E-state index is -0.374. The van der Waals surface area contributed by atoms with Crippen molar-refractivity contribution >= 4 is 11.8 Å². The number of nitrogens with zero attached hydrogens (tertiary/aromatic N) is 3. The van der Waals surface area contributed by atoms with Crippen LogP contribution in [0, 0.1) is 0 Å². The van der Waals surface area contributed by atoms with Gasteiger partial charge in [0.2, 0.25) is 12.7 Å². The van der Waals surface area contributed by atoms with Crippen LogP contribution in [0.1, 0.15) is 5.56 Å². The summed E-state index contributed by atoms with van der Waals surface area (Å²) >= 11 is 0. The normalized spacial score (nSPS) is 12.8. The van der Waals surface area contributed by atoms with E-state index in [0.717, 1.165) is 5.56 Å². The fourth-order valence-corrected chi connectivity index (χ4v) is 1.93. The second kappa shape index (κ2) is 6.57. The predicted octanol–water partition coefficient (Wildman–Crippen LogP) is 2.31. The summed E-state index contributed by atoms with van der Waals surface area (Å²) in [7, 11) is 0. The Balaban J connectivity index is 1.77. The number of hydrogen-bond acceptors (Lipinski definition) is 5. The summed E-state index contributed by atoms with van der Waals surface area (Å²) in [5, 5.41) is 2.68. The van der Waals surface area contributed by atoms with Gasteiger partial charge in [-0.1, -0.05) is 30.3 Å². The Bertz CT molecular complexity index is 661. The van der Waals surface area contributed by atoms with Crippen molar-refractivity contribution in [2.24, 2.45) is 0 Å². The minimum Gasteiger partial charge on any atom is -0.459 e. The van der Waals surface area contributed by atoms with E-state index in [1.165, 1.54) is 29.8 Å². The highest BCUT2D eigenvalue weighted by Gasteiger charge is 2.23. The predicted molar refractivity (Wildman–Crippen MR) is 78.2 cm³/mol. The highest BCUT2D eigenvalue weighted by Crippen LogP contribution is 2.18. The van der Waals surface area contributed by atoms with Gasteiger partial charge >= 0.3 is 6.03 Å². The molecule has 0 fully saturated rings. The number of benzene rings is 1. The van der Waals surface area contributed by atoms with Crippen molar-refractivity contribution in [2.75, 3.05) is 12.1 Å². The Morgan fingerprint density at radius 2 is 2.14 bits per heavy atom. The van der Waals surface area contributed by atoms with Gasteiger partial charge in [-0.25, -0.2) is 9.78 Å². The standard InChI is InChI=1S/C15H14N4O3/c20-15(18-13-8-16-6-7-17-13)19(14-10-21-11-22-14)9-12-4-2-1-3-5-12/h1-8,10H,9,11H2,(H,17,18,20). The van der Waals surface area contributed by atoms with E-state index in [2.05, 4.69) is 15.3 Å². The number of anilines is 1. The molecule has 0 unspecified atom stereocenters. The molecule has 2 aromatic rings. The van der Waals surface area contributed by atoms with Crippen LogP contribution < -0.4 is 5.32 Å². The van der Waals surface area contributed by atoms with Crippen LogP contribution in [0.15, 0.2) is 61.1 Å². The van der Waals surface area contributed by atoms with Crippen LogP contribution >= 0.6 is 0 Å². The quantitative estimate of drug-likeness (QED) is 0.937. The molecule has 0 saturated heterocycles. The molecule has 1 aliphatic heterocycles. The monoisotopic (exact) mass is 298 g/mol. The largest absolute Gasteiger partial charge is 0.459 e. The van der Waals surface area contributed by atoms with Crippen LogP contribution in [0.2, 0.25) is 0 Å². The zero-order valence-electron chi connectivity index (χ0n) is 11.7. The lowest BCUT2D eigenvalue weighted by Crippen LogP contribution is -2.34. The number of nitrogens with one attached hydrogen (secondary N) is 1. The van der Waals surface area contributed by atoms with Gasteiger partial charge in [0, 0.05) is 12.4 Å². The second-order valence-electron chi connectivity index (χ2n) is 4.48. The van der Waals surface area contributed by atoms with E-state index in [1.54, 1.807) is 0 Å². The van der Waals surface area contributed by atoms with Crippen molar-refractivity contribution in [1.29, 1.82) is 0 Å². The van der Waals surface area contributed by atoms with Crippen LogP contribution in [0.3, 0.4) is 0 Å². The molecule has 7 nitrogen and oxygen atoms in total. The molecule has 0 radical (unpaired) electrons. The number of amides is 2. The lowest BCUT2D eigenvalue weighted by atomic mass is 10.2. The molecule has 1 aliphatic rings. The van der Waals surface area contributed by atoms with E-state index in [-0.39, 0.29) is 12.8 Å². The molecule has 3 rings (SSSR count). The van der Waals surface area contributed by atoms with Crippen molar-refractivity contribution in [1.82, 2.24) is 14.9 Å². The number of aromatic nitrogens is 2. The summed E-state index contributed by atoms with van der Waals surface area (Å²) in [6.07, 6.45) is 5.93. The molecule has 22 heavy (non-hydrogen) atoms. The van der Waals surface area contributed by atoms with Crippen LogP contribution in [-0.4, -0.2) is 27.7 Å². The summed E-state index contributed by atoms with van der Waals surface area (Å²) in [5.74, 6) is 0.718. The Labute approximate surface area is 127 Å². The zero-order chi connectivity index (χ0) is 15.2. The lowest BCUT2D eigenvalue weighted by Gasteiger charge is -2.22. The van der Waals surface area contributed by atoms with Crippen LogP contribution in [-0.2, 0) is 16.0 Å². The van der Waals surface area contributed by atoms with Gasteiger partial charge in [0.1, 0.15) is 6.26 Å². The molecule has 1 aromatic carbocycles. The van der Waals surface area contributed by atoms with Crippen LogP contribution in [0.5, 0.6) is 0 Å². The van der Waals surface area contributed by atoms with E-state index in [4.69, 9.17) is 9.47 Å². The van der Waals surface area contributed by atoms with E-state index in [0.29, 0.717) is 18.2 Å². The molecule has 1 N–H and O–H groups in total. The van der Waals surface area contributed by atoms with E-state index in [9.17, 15) is 4.79 Å². The Morgan fingerprint density at radius 3 is 2.82 bits per heavy atom. The summed E-state index contributed by atoms with van der Waals surface area (Å²) in [4.78, 5) is 21.9. The van der Waals surface area contributed by atoms with Crippen molar-refractivity contribution in [3.63, 3.8) is 0 Å². The third kappa shape index (κ3) is 3.32. The second-order valence-corrected chi connectivity index (χ2v) is 4.48. The van der Waals surface area contributed by atoms with Gasteiger partial charge in [-0.2, -0.15) is 0 Å². The number of urea groups is 1. The molecular weight excluding hydrogens is 284 g/mol. The maximum Gasteiger partial charge on any atom is 0.330 e. The van der Waals surface area contributed by atoms with Gasteiger partial charge in [-0.15, -0.1) is 0 Å². The average molecular weight is 298 g/mol. The Kier molecular flexibility index (Phi) is 4.15. The number of rotatable bonds is 4. The van der Waals surface area contributed by atoms with Crippen molar-refractivity contribution < 1.29 is 14.3 Å². The summed E-state index contributed by atoms with van der Waals surface area (Å²) in [6, 6.07) is 9.23. The van der Waals surface area contributed by atoms with Crippen molar-refractivity contribution in [2.45, 2.75) is 6.54 Å². The SMILES string of the molecule is O=C(Nc1cnccn1)N(Cc1ccccc1)C1=COCO1. The summed E-state index contributed by atoms with van der Waals surface area (Å²) in [5.41, 5.74) is 0.966. The zero-order valence-corrected chi connectivity index (χ0v) is 11.7. The molecule has 0 aliphatic carbocycles. The van der Waals surface area contributed by atoms with E-state index < -0.39 is 0 Å².